The van der Waals surface area contributed by atoms with Gasteiger partial charge in [0.2, 0.25) is 0 Å². The Morgan fingerprint density at radius 2 is 1.93 bits per heavy atom. The van der Waals surface area contributed by atoms with Crippen molar-refractivity contribution in [1.29, 1.82) is 0 Å². The molecule has 0 saturated carbocycles. The van der Waals surface area contributed by atoms with Crippen LogP contribution in [-0.4, -0.2) is 51.8 Å². The fourth-order valence-electron chi connectivity index (χ4n) is 5.02. The Hall–Kier alpha value is -2.25. The summed E-state index contributed by atoms with van der Waals surface area (Å²) in [5.41, 5.74) is 8.55. The number of ether oxygens (including phenoxy) is 1. The number of piperidine rings is 1. The number of aromatic nitrogens is 3. The third-order valence-corrected chi connectivity index (χ3v) is 6.28. The minimum Gasteiger partial charge on any atom is -0.384 e. The third kappa shape index (κ3) is 3.15. The van der Waals surface area contributed by atoms with Crippen LogP contribution in [0, 0.1) is 5.92 Å². The molecule has 0 aliphatic carbocycles. The van der Waals surface area contributed by atoms with Gasteiger partial charge in [-0.15, -0.1) is 0 Å². The lowest BCUT2D eigenvalue weighted by Gasteiger charge is -2.46. The molecule has 2 fully saturated rings. The highest BCUT2D eigenvalue weighted by atomic mass is 16.5. The lowest BCUT2D eigenvalue weighted by molar-refractivity contribution is 0.00588. The Morgan fingerprint density at radius 1 is 1.07 bits per heavy atom. The van der Waals surface area contributed by atoms with E-state index in [4.69, 9.17) is 10.5 Å². The van der Waals surface area contributed by atoms with Gasteiger partial charge in [-0.2, -0.15) is 0 Å². The van der Waals surface area contributed by atoms with Gasteiger partial charge in [0.15, 0.2) is 0 Å². The van der Waals surface area contributed by atoms with Gasteiger partial charge in [0.25, 0.3) is 5.56 Å². The normalized spacial score (nSPS) is 25.9. The monoisotopic (exact) mass is 367 g/mol. The summed E-state index contributed by atoms with van der Waals surface area (Å²) >= 11 is 0. The molecule has 142 valence electrons. The zero-order valence-corrected chi connectivity index (χ0v) is 15.4. The van der Waals surface area contributed by atoms with Gasteiger partial charge in [0.05, 0.1) is 5.69 Å². The molecular formula is C20H25N5O2. The van der Waals surface area contributed by atoms with E-state index in [9.17, 15) is 4.79 Å². The number of pyridine rings is 1. The molecule has 2 atom stereocenters. The summed E-state index contributed by atoms with van der Waals surface area (Å²) in [6, 6.07) is 6.17. The maximum atomic E-state index is 12.8. The topological polar surface area (TPSA) is 86.3 Å². The molecule has 0 aromatic carbocycles. The van der Waals surface area contributed by atoms with Crippen LogP contribution >= 0.6 is 0 Å². The van der Waals surface area contributed by atoms with Crippen LogP contribution in [0.5, 0.6) is 0 Å². The molecule has 2 bridgehead atoms. The van der Waals surface area contributed by atoms with Gasteiger partial charge in [-0.25, -0.2) is 9.97 Å². The summed E-state index contributed by atoms with van der Waals surface area (Å²) in [5, 5.41) is 0. The highest BCUT2D eigenvalue weighted by molar-refractivity contribution is 5.61. The average molecular weight is 367 g/mol. The van der Waals surface area contributed by atoms with E-state index < -0.39 is 0 Å². The lowest BCUT2D eigenvalue weighted by atomic mass is 9.81. The van der Waals surface area contributed by atoms with Crippen molar-refractivity contribution in [3.63, 3.8) is 0 Å². The van der Waals surface area contributed by atoms with E-state index >= 15 is 0 Å². The quantitative estimate of drug-likeness (QED) is 0.865. The van der Waals surface area contributed by atoms with Crippen LogP contribution in [0.3, 0.4) is 0 Å². The van der Waals surface area contributed by atoms with Crippen molar-refractivity contribution in [2.75, 3.05) is 32.0 Å². The first-order valence-corrected chi connectivity index (χ1v) is 9.82. The summed E-state index contributed by atoms with van der Waals surface area (Å²) in [5.74, 6) is 1.37. The molecule has 3 aliphatic heterocycles. The summed E-state index contributed by atoms with van der Waals surface area (Å²) in [4.78, 5) is 23.7. The number of nitrogens with two attached hydrogens (primary N) is 1. The number of nitrogen functional groups attached to an aromatic ring is 1. The average Bonchev–Trinajstić information content (AvgIpc) is 2.69. The Morgan fingerprint density at radius 3 is 2.74 bits per heavy atom. The fraction of sp³-hybridized carbons (Fsp3) is 0.550. The van der Waals surface area contributed by atoms with Crippen molar-refractivity contribution >= 4 is 5.82 Å². The van der Waals surface area contributed by atoms with Crippen molar-refractivity contribution < 1.29 is 4.74 Å². The van der Waals surface area contributed by atoms with Crippen LogP contribution in [0.15, 0.2) is 29.3 Å². The van der Waals surface area contributed by atoms with Crippen molar-refractivity contribution in [3.05, 3.63) is 40.6 Å². The van der Waals surface area contributed by atoms with Crippen molar-refractivity contribution in [2.45, 2.75) is 37.8 Å². The van der Waals surface area contributed by atoms with Gasteiger partial charge in [0, 0.05) is 68.2 Å². The van der Waals surface area contributed by atoms with Gasteiger partial charge < -0.3 is 15.0 Å². The van der Waals surface area contributed by atoms with E-state index in [2.05, 4.69) is 20.9 Å². The third-order valence-electron chi connectivity index (χ3n) is 6.28. The first-order chi connectivity index (χ1) is 13.2. The molecule has 2 aromatic rings. The Kier molecular flexibility index (Phi) is 4.21. The maximum Gasteiger partial charge on any atom is 0.251 e. The predicted octanol–water partition coefficient (Wildman–Crippen LogP) is 1.49. The maximum absolute atomic E-state index is 12.8. The minimum atomic E-state index is 0.0638. The SMILES string of the molecule is Nc1cc(-c2cc3n(c(=O)c2)C[C@H]2C[C@@H]3CN(C3CCOCC3)C2)ncn1. The molecule has 3 aliphatic rings. The number of nitrogens with zero attached hydrogens (tertiary/aromatic N) is 4. The molecule has 5 heterocycles. The Labute approximate surface area is 158 Å². The van der Waals surface area contributed by atoms with Crippen LogP contribution < -0.4 is 11.3 Å². The van der Waals surface area contributed by atoms with Gasteiger partial charge in [-0.1, -0.05) is 0 Å². The molecule has 0 unspecified atom stereocenters. The van der Waals surface area contributed by atoms with Gasteiger partial charge in [-0.05, 0) is 31.2 Å². The molecule has 7 heteroatoms. The first kappa shape index (κ1) is 16.9. The smallest absolute Gasteiger partial charge is 0.251 e. The summed E-state index contributed by atoms with van der Waals surface area (Å²) in [7, 11) is 0. The van der Waals surface area contributed by atoms with E-state index in [0.29, 0.717) is 29.4 Å². The predicted molar refractivity (Wildman–Crippen MR) is 102 cm³/mol. The van der Waals surface area contributed by atoms with E-state index in [1.807, 2.05) is 4.57 Å². The van der Waals surface area contributed by atoms with Crippen molar-refractivity contribution in [1.82, 2.24) is 19.4 Å². The number of rotatable bonds is 2. The van der Waals surface area contributed by atoms with Crippen LogP contribution in [0.1, 0.15) is 30.9 Å². The van der Waals surface area contributed by atoms with E-state index in [1.54, 1.807) is 12.1 Å². The summed E-state index contributed by atoms with van der Waals surface area (Å²) in [6.45, 7) is 4.67. The molecule has 2 aromatic heterocycles. The molecule has 27 heavy (non-hydrogen) atoms. The molecule has 2 saturated heterocycles. The number of fused-ring (bicyclic) bond motifs is 4. The molecule has 5 rings (SSSR count). The zero-order chi connectivity index (χ0) is 18.4. The van der Waals surface area contributed by atoms with Crippen molar-refractivity contribution in [2.24, 2.45) is 5.92 Å². The number of hydrogen-bond donors (Lipinski definition) is 1. The lowest BCUT2D eigenvalue weighted by Crippen LogP contribution is -2.51. The zero-order valence-electron chi connectivity index (χ0n) is 15.4. The van der Waals surface area contributed by atoms with Crippen molar-refractivity contribution in [3.8, 4) is 11.3 Å². The highest BCUT2D eigenvalue weighted by Gasteiger charge is 2.37. The van der Waals surface area contributed by atoms with Crippen LogP contribution in [0.25, 0.3) is 11.3 Å². The van der Waals surface area contributed by atoms with Crippen LogP contribution in [0.4, 0.5) is 5.82 Å². The van der Waals surface area contributed by atoms with Gasteiger partial charge in [-0.3, -0.25) is 9.69 Å². The molecule has 0 spiro atoms. The largest absolute Gasteiger partial charge is 0.384 e. The van der Waals surface area contributed by atoms with Crippen LogP contribution in [-0.2, 0) is 11.3 Å². The summed E-state index contributed by atoms with van der Waals surface area (Å²) in [6.07, 6.45) is 4.85. The Balaban J connectivity index is 1.49. The number of likely N-dealkylation sites (tertiary alicyclic amines) is 1. The van der Waals surface area contributed by atoms with Gasteiger partial charge >= 0.3 is 0 Å². The first-order valence-electron chi connectivity index (χ1n) is 9.82. The van der Waals surface area contributed by atoms with Gasteiger partial charge in [0.1, 0.15) is 12.1 Å². The molecule has 2 N–H and O–H groups in total. The number of anilines is 1. The Bertz CT molecular complexity index is 905. The van der Waals surface area contributed by atoms with Crippen LogP contribution in [0.2, 0.25) is 0 Å². The second kappa shape index (κ2) is 6.73. The molecule has 0 amide bonds. The second-order valence-corrected chi connectivity index (χ2v) is 8.04. The second-order valence-electron chi connectivity index (χ2n) is 8.04. The summed E-state index contributed by atoms with van der Waals surface area (Å²) < 4.78 is 7.52. The standard InChI is InChI=1S/C20H25N5O2/c21-19-8-17(22-12-23-19)14-6-18-15-5-13(10-25(18)20(26)7-14)9-24(11-15)16-1-3-27-4-2-16/h6-8,12-13,15-16H,1-5,9-11H2,(H2,21,22,23)/t13-,15+/m0/s1. The number of hydrogen-bond acceptors (Lipinski definition) is 6. The van der Waals surface area contributed by atoms with E-state index in [1.165, 1.54) is 6.33 Å². The minimum absolute atomic E-state index is 0.0638. The van der Waals surface area contributed by atoms with E-state index in [-0.39, 0.29) is 5.56 Å². The molecule has 7 nitrogen and oxygen atoms in total. The molecular weight excluding hydrogens is 342 g/mol. The molecule has 0 radical (unpaired) electrons. The highest BCUT2D eigenvalue weighted by Crippen LogP contribution is 2.38. The van der Waals surface area contributed by atoms with E-state index in [0.717, 1.165) is 63.4 Å². The fourth-order valence-corrected chi connectivity index (χ4v) is 5.02.